The molecule has 0 aromatic carbocycles. The minimum atomic E-state index is -2.65. The Hall–Kier alpha value is -1.46. The highest BCUT2D eigenvalue weighted by atomic mass is 127. The summed E-state index contributed by atoms with van der Waals surface area (Å²) < 4.78 is 77.7. The lowest BCUT2D eigenvalue weighted by Gasteiger charge is -2.64. The minimum absolute atomic E-state index is 0.199. The van der Waals surface area contributed by atoms with Crippen molar-refractivity contribution in [1.29, 1.82) is 0 Å². The number of carbonyl (C=O) groups is 1. The van der Waals surface area contributed by atoms with Crippen molar-refractivity contribution in [3.63, 3.8) is 0 Å². The van der Waals surface area contributed by atoms with Crippen molar-refractivity contribution in [2.45, 2.75) is 297 Å². The second kappa shape index (κ2) is 32.4. The number of fused-ring (bicyclic) bond motifs is 3. The van der Waals surface area contributed by atoms with E-state index in [1.807, 2.05) is 0 Å². The standard InChI is InChI=1S/C62H101IO37/c1-20-12-61-10-6-28-59(3,29(61)7-11-62(20,19-61)100-57-50(98-55-44(84)40(80)34(74)25(16-67)91-55)48(36(76)27(18-69)93-57)97-54-43(83)39(79)33(73)24(15-66)90-54)8-5-9-60(28,4)58(87)99-56-49(47(35(75)26(17-68)92-56)96-53-42(82)38(78)32(72)23(14-65)89-53)94-51(86)45(85)46(30(70)21(2)63)95-52-41(81)37(77)31(71)22(13-64)88-52/h21-57,64-86H,1,5-19H2,2-4H3. The van der Waals surface area contributed by atoms with Gasteiger partial charge in [0.15, 0.2) is 43.8 Å². The summed E-state index contributed by atoms with van der Waals surface area (Å²) in [5.74, 6) is -1.67. The van der Waals surface area contributed by atoms with Crippen LogP contribution >= 0.6 is 22.6 Å². The molecule has 2 bridgehead atoms. The van der Waals surface area contributed by atoms with Crippen LogP contribution in [0, 0.1) is 28.1 Å². The van der Waals surface area contributed by atoms with Crippen LogP contribution in [0.15, 0.2) is 12.2 Å². The molecule has 0 amide bonds. The first kappa shape index (κ1) is 81.1. The Labute approximate surface area is 586 Å². The van der Waals surface area contributed by atoms with Crippen LogP contribution < -0.4 is 0 Å². The fourth-order valence-corrected chi connectivity index (χ4v) is 17.9. The molecule has 6 aliphatic heterocycles. The third-order valence-electron chi connectivity index (χ3n) is 23.0. The summed E-state index contributed by atoms with van der Waals surface area (Å²) >= 11 is 1.74. The summed E-state index contributed by atoms with van der Waals surface area (Å²) in [7, 11) is 0. The van der Waals surface area contributed by atoms with Crippen molar-refractivity contribution in [1.82, 2.24) is 0 Å². The predicted molar refractivity (Wildman–Crippen MR) is 331 cm³/mol. The SMILES string of the molecule is C=C1CC23CCC4C(C)(C(=O)OC5OC(CO)C(O)C(OC6OC(CO)C(O)C(O)C6O)C5OC(O)C(O)C(OC5OC(CO)C(O)C(O)C5O)C(O)C(C)I)CCCC4(C)C2CCC1(OC1OC(CO)C(O)C(OC2OC(CO)C(O)C(O)C2O)C1OC1OC(CO)C(O)C(O)C1O)C3. The lowest BCUT2D eigenvalue weighted by Crippen LogP contribution is -2.68. The second-order valence-corrected chi connectivity index (χ2v) is 31.0. The lowest BCUT2D eigenvalue weighted by atomic mass is 9.41. The van der Waals surface area contributed by atoms with Gasteiger partial charge < -0.3 is 179 Å². The van der Waals surface area contributed by atoms with Crippen LogP contribution in [-0.4, -0.2) is 381 Å². The molecule has 6 heterocycles. The van der Waals surface area contributed by atoms with E-state index in [1.165, 1.54) is 6.92 Å². The van der Waals surface area contributed by atoms with Crippen LogP contribution in [0.1, 0.15) is 78.6 Å². The molecule has 0 radical (unpaired) electrons. The van der Waals surface area contributed by atoms with Crippen LogP contribution in [-0.2, 0) is 66.4 Å². The molecule has 41 atom stereocenters. The molecule has 10 fully saturated rings. The molecule has 0 aromatic rings. The van der Waals surface area contributed by atoms with Crippen molar-refractivity contribution in [2.24, 2.45) is 28.1 Å². The van der Waals surface area contributed by atoms with Crippen molar-refractivity contribution in [3.05, 3.63) is 12.2 Å². The molecule has 1 spiro atoms. The van der Waals surface area contributed by atoms with E-state index in [9.17, 15) is 117 Å². The molecular weight excluding hydrogens is 1460 g/mol. The average molecular weight is 1570 g/mol. The number of hydrogen-bond donors (Lipinski definition) is 23. The van der Waals surface area contributed by atoms with Gasteiger partial charge in [0.2, 0.25) is 6.29 Å². The zero-order valence-corrected chi connectivity index (χ0v) is 57.2. The number of alkyl halides is 1. The predicted octanol–water partition coefficient (Wildman–Crippen LogP) is -10.2. The molecule has 4 aliphatic carbocycles. The van der Waals surface area contributed by atoms with E-state index in [2.05, 4.69) is 13.5 Å². The van der Waals surface area contributed by atoms with E-state index in [0.717, 1.165) is 0 Å². The Morgan fingerprint density at radius 3 is 1.34 bits per heavy atom. The lowest BCUT2D eigenvalue weighted by molar-refractivity contribution is -0.400. The zero-order chi connectivity index (χ0) is 73.3. The molecule has 100 heavy (non-hydrogen) atoms. The molecule has 6 saturated heterocycles. The second-order valence-electron chi connectivity index (χ2n) is 29.1. The third kappa shape index (κ3) is 15.0. The van der Waals surface area contributed by atoms with Gasteiger partial charge in [0.1, 0.15) is 153 Å². The molecule has 23 N–H and O–H groups in total. The van der Waals surface area contributed by atoms with E-state index >= 15 is 4.79 Å². The molecule has 38 heteroatoms. The van der Waals surface area contributed by atoms with Gasteiger partial charge in [0.25, 0.3) is 0 Å². The van der Waals surface area contributed by atoms with Crippen LogP contribution in [0.2, 0.25) is 0 Å². The van der Waals surface area contributed by atoms with Gasteiger partial charge in [-0.1, -0.05) is 49.4 Å². The molecule has 0 aromatic heterocycles. The summed E-state index contributed by atoms with van der Waals surface area (Å²) in [5.41, 5.74) is -3.54. The van der Waals surface area contributed by atoms with Crippen molar-refractivity contribution >= 4 is 28.6 Å². The van der Waals surface area contributed by atoms with E-state index < -0.39 is 286 Å². The number of rotatable bonds is 24. The number of esters is 1. The Kier molecular flexibility index (Phi) is 26.3. The van der Waals surface area contributed by atoms with E-state index in [0.29, 0.717) is 44.1 Å². The first-order valence-corrected chi connectivity index (χ1v) is 35.0. The van der Waals surface area contributed by atoms with E-state index in [4.69, 9.17) is 61.6 Å². The quantitative estimate of drug-likeness (QED) is 0.0107. The number of halogens is 1. The monoisotopic (exact) mass is 1560 g/mol. The van der Waals surface area contributed by atoms with Crippen molar-refractivity contribution in [2.75, 3.05) is 39.6 Å². The van der Waals surface area contributed by atoms with Crippen molar-refractivity contribution in [3.8, 4) is 0 Å². The zero-order valence-electron chi connectivity index (χ0n) is 55.1. The number of ether oxygens (including phenoxy) is 13. The van der Waals surface area contributed by atoms with Crippen molar-refractivity contribution < 1.29 is 184 Å². The van der Waals surface area contributed by atoms with Crippen LogP contribution in [0.3, 0.4) is 0 Å². The normalized spacial score (nSPS) is 51.5. The first-order valence-electron chi connectivity index (χ1n) is 33.8. The topological polar surface area (TPSA) is 602 Å². The maximum Gasteiger partial charge on any atom is 0.314 e. The Bertz CT molecular complexity index is 2690. The molecule has 41 unspecified atom stereocenters. The van der Waals surface area contributed by atoms with E-state index in [1.54, 1.807) is 29.5 Å². The number of aliphatic hydroxyl groups is 23. The first-order chi connectivity index (χ1) is 47.1. The van der Waals surface area contributed by atoms with Gasteiger partial charge in [-0.25, -0.2) is 0 Å². The molecule has 578 valence electrons. The summed E-state index contributed by atoms with van der Waals surface area (Å²) in [5, 5.41) is 251. The van der Waals surface area contributed by atoms with Crippen LogP contribution in [0.25, 0.3) is 0 Å². The highest BCUT2D eigenvalue weighted by Gasteiger charge is 2.70. The average Bonchev–Trinajstić information content (AvgIpc) is 1.50. The number of carbonyl (C=O) groups excluding carboxylic acids is 1. The van der Waals surface area contributed by atoms with Crippen LogP contribution in [0.4, 0.5) is 0 Å². The molecule has 37 nitrogen and oxygen atoms in total. The smallest absolute Gasteiger partial charge is 0.314 e. The maximum atomic E-state index is 15.6. The van der Waals surface area contributed by atoms with Crippen LogP contribution in [0.5, 0.6) is 0 Å². The summed E-state index contributed by atoms with van der Waals surface area (Å²) in [6.07, 6.45) is -63.0. The van der Waals surface area contributed by atoms with Gasteiger partial charge in [0.05, 0.1) is 56.8 Å². The molecule has 10 aliphatic rings. The highest BCUT2D eigenvalue weighted by Crippen LogP contribution is 2.74. The summed E-state index contributed by atoms with van der Waals surface area (Å²) in [6, 6.07) is 0. The number of hydrogen-bond acceptors (Lipinski definition) is 37. The fraction of sp³-hybridized carbons (Fsp3) is 0.952. The highest BCUT2D eigenvalue weighted by molar-refractivity contribution is 14.1. The van der Waals surface area contributed by atoms with E-state index in [-0.39, 0.29) is 25.2 Å². The summed E-state index contributed by atoms with van der Waals surface area (Å²) in [6.45, 7) is 4.18. The summed E-state index contributed by atoms with van der Waals surface area (Å²) in [4.78, 5) is 15.6. The third-order valence-corrected chi connectivity index (χ3v) is 23.8. The Morgan fingerprint density at radius 1 is 0.480 bits per heavy atom. The maximum absolute atomic E-state index is 15.6. The number of aliphatic hydroxyl groups excluding tert-OH is 23. The largest absolute Gasteiger partial charge is 0.432 e. The minimum Gasteiger partial charge on any atom is -0.432 e. The molecular formula is C62H101IO37. The fourth-order valence-electron chi connectivity index (χ4n) is 17.5. The Morgan fingerprint density at radius 2 is 0.880 bits per heavy atom. The Balaban J connectivity index is 0.929. The molecule has 10 rings (SSSR count). The van der Waals surface area contributed by atoms with Gasteiger partial charge in [-0.2, -0.15) is 0 Å². The van der Waals surface area contributed by atoms with Gasteiger partial charge in [-0.05, 0) is 86.5 Å². The molecule has 4 saturated carbocycles. The van der Waals surface area contributed by atoms with Gasteiger partial charge in [-0.15, -0.1) is 0 Å². The van der Waals surface area contributed by atoms with Gasteiger partial charge in [0, 0.05) is 3.92 Å². The van der Waals surface area contributed by atoms with Gasteiger partial charge in [-0.3, -0.25) is 4.79 Å². The van der Waals surface area contributed by atoms with Gasteiger partial charge >= 0.3 is 5.97 Å².